The Labute approximate surface area is 183 Å². The topological polar surface area (TPSA) is 85.4 Å². The number of nitrogens with one attached hydrogen (secondary N) is 2. The van der Waals surface area contributed by atoms with Gasteiger partial charge in [0, 0.05) is 25.0 Å². The van der Waals surface area contributed by atoms with E-state index in [9.17, 15) is 9.18 Å². The number of anilines is 1. The van der Waals surface area contributed by atoms with Gasteiger partial charge in [-0.2, -0.15) is 0 Å². The van der Waals surface area contributed by atoms with Crippen LogP contribution in [0, 0.1) is 5.82 Å². The molecule has 2 N–H and O–H groups in total. The van der Waals surface area contributed by atoms with Crippen LogP contribution in [0.4, 0.5) is 14.9 Å². The van der Waals surface area contributed by atoms with E-state index in [4.69, 9.17) is 21.1 Å². The van der Waals surface area contributed by atoms with Gasteiger partial charge in [0.25, 0.3) is 0 Å². The number of urea groups is 1. The molecule has 1 aliphatic rings. The predicted molar refractivity (Wildman–Crippen MR) is 114 cm³/mol. The second-order valence-corrected chi connectivity index (χ2v) is 7.49. The molecule has 2 amide bonds. The fourth-order valence-corrected chi connectivity index (χ4v) is 3.54. The van der Waals surface area contributed by atoms with Gasteiger partial charge in [-0.1, -0.05) is 23.7 Å². The standard InChI is InChI=1S/C22H20ClFN4O3/c23-19-9-10-20(28-27-19)31-18-7-5-17(6-8-18)25-21(29)26-22(11-13-30-14-12-22)15-1-3-16(24)4-2-15/h1-10H,11-14H2,(H2,25,26,29). The van der Waals surface area contributed by atoms with Gasteiger partial charge in [-0.05, 0) is 60.9 Å². The Kier molecular flexibility index (Phi) is 6.29. The van der Waals surface area contributed by atoms with E-state index in [1.807, 2.05) is 0 Å². The maximum absolute atomic E-state index is 13.4. The predicted octanol–water partition coefficient (Wildman–Crippen LogP) is 4.89. The van der Waals surface area contributed by atoms with E-state index in [0.717, 1.165) is 5.56 Å². The molecule has 0 spiro atoms. The van der Waals surface area contributed by atoms with Crippen molar-refractivity contribution < 1.29 is 18.7 Å². The highest BCUT2D eigenvalue weighted by molar-refractivity contribution is 6.29. The van der Waals surface area contributed by atoms with Crippen LogP contribution in [0.2, 0.25) is 5.15 Å². The van der Waals surface area contributed by atoms with E-state index >= 15 is 0 Å². The van der Waals surface area contributed by atoms with E-state index < -0.39 is 5.54 Å². The normalized spacial score (nSPS) is 15.2. The summed E-state index contributed by atoms with van der Waals surface area (Å²) in [7, 11) is 0. The van der Waals surface area contributed by atoms with Crippen molar-refractivity contribution in [3.05, 3.63) is 77.2 Å². The summed E-state index contributed by atoms with van der Waals surface area (Å²) in [5.41, 5.74) is 0.820. The zero-order chi connectivity index (χ0) is 21.7. The third-order valence-corrected chi connectivity index (χ3v) is 5.24. The Morgan fingerprint density at radius 2 is 1.71 bits per heavy atom. The number of amides is 2. The first kappa shape index (κ1) is 21.0. The summed E-state index contributed by atoms with van der Waals surface area (Å²) in [5.74, 6) is 0.528. The van der Waals surface area contributed by atoms with Crippen LogP contribution in [-0.4, -0.2) is 29.4 Å². The Balaban J connectivity index is 1.41. The fourth-order valence-electron chi connectivity index (χ4n) is 3.44. The van der Waals surface area contributed by atoms with Gasteiger partial charge in [-0.25, -0.2) is 9.18 Å². The summed E-state index contributed by atoms with van der Waals surface area (Å²) in [4.78, 5) is 12.7. The molecule has 1 saturated heterocycles. The molecule has 0 aliphatic carbocycles. The molecule has 0 unspecified atom stereocenters. The highest BCUT2D eigenvalue weighted by atomic mass is 35.5. The van der Waals surface area contributed by atoms with Crippen molar-refractivity contribution in [3.8, 4) is 11.6 Å². The number of nitrogens with zero attached hydrogens (tertiary/aromatic N) is 2. The van der Waals surface area contributed by atoms with Crippen molar-refractivity contribution >= 4 is 23.3 Å². The van der Waals surface area contributed by atoms with Crippen LogP contribution in [0.1, 0.15) is 18.4 Å². The Morgan fingerprint density at radius 3 is 2.35 bits per heavy atom. The maximum atomic E-state index is 13.4. The van der Waals surface area contributed by atoms with Crippen LogP contribution < -0.4 is 15.4 Å². The molecule has 1 aliphatic heterocycles. The Morgan fingerprint density at radius 1 is 1.00 bits per heavy atom. The number of benzene rings is 2. The molecule has 3 aromatic rings. The second kappa shape index (κ2) is 9.28. The van der Waals surface area contributed by atoms with E-state index in [0.29, 0.717) is 43.4 Å². The van der Waals surface area contributed by atoms with Crippen LogP contribution in [0.25, 0.3) is 0 Å². The van der Waals surface area contributed by atoms with E-state index in [1.165, 1.54) is 12.1 Å². The lowest BCUT2D eigenvalue weighted by atomic mass is 9.83. The smallest absolute Gasteiger partial charge is 0.319 e. The molecule has 0 saturated carbocycles. The van der Waals surface area contributed by atoms with Gasteiger partial charge in [0.1, 0.15) is 11.6 Å². The molecule has 160 valence electrons. The van der Waals surface area contributed by atoms with Crippen LogP contribution >= 0.6 is 11.6 Å². The van der Waals surface area contributed by atoms with E-state index in [-0.39, 0.29) is 17.0 Å². The molecular formula is C22H20ClFN4O3. The van der Waals surface area contributed by atoms with E-state index in [1.54, 1.807) is 48.5 Å². The monoisotopic (exact) mass is 442 g/mol. The summed E-state index contributed by atoms with van der Waals surface area (Å²) >= 11 is 5.71. The van der Waals surface area contributed by atoms with Crippen molar-refractivity contribution in [1.29, 1.82) is 0 Å². The quantitative estimate of drug-likeness (QED) is 0.587. The molecule has 1 fully saturated rings. The highest BCUT2D eigenvalue weighted by Gasteiger charge is 2.36. The molecular weight excluding hydrogens is 423 g/mol. The highest BCUT2D eigenvalue weighted by Crippen LogP contribution is 2.32. The Bertz CT molecular complexity index is 1020. The number of carbonyl (C=O) groups excluding carboxylic acids is 1. The SMILES string of the molecule is O=C(Nc1ccc(Oc2ccc(Cl)nn2)cc1)NC1(c2ccc(F)cc2)CCOCC1. The molecule has 0 radical (unpaired) electrons. The van der Waals surface area contributed by atoms with E-state index in [2.05, 4.69) is 20.8 Å². The van der Waals surface area contributed by atoms with Crippen LogP contribution in [0.3, 0.4) is 0 Å². The number of hydrogen-bond donors (Lipinski definition) is 2. The zero-order valence-electron chi connectivity index (χ0n) is 16.5. The van der Waals surface area contributed by atoms with Crippen molar-refractivity contribution in [2.45, 2.75) is 18.4 Å². The average Bonchev–Trinajstić information content (AvgIpc) is 2.78. The molecule has 4 rings (SSSR count). The molecule has 7 nitrogen and oxygen atoms in total. The molecule has 0 atom stereocenters. The lowest BCUT2D eigenvalue weighted by molar-refractivity contribution is 0.0418. The van der Waals surface area contributed by atoms with Gasteiger partial charge in [-0.3, -0.25) is 0 Å². The van der Waals surface area contributed by atoms with Crippen molar-refractivity contribution in [3.63, 3.8) is 0 Å². The first-order chi connectivity index (χ1) is 15.0. The average molecular weight is 443 g/mol. The van der Waals surface area contributed by atoms with Crippen LogP contribution in [-0.2, 0) is 10.3 Å². The van der Waals surface area contributed by atoms with Gasteiger partial charge in [0.2, 0.25) is 5.88 Å². The van der Waals surface area contributed by atoms with Crippen LogP contribution in [0.15, 0.2) is 60.7 Å². The van der Waals surface area contributed by atoms with Gasteiger partial charge in [0.15, 0.2) is 5.15 Å². The first-order valence-corrected chi connectivity index (χ1v) is 10.1. The van der Waals surface area contributed by atoms with Crippen LogP contribution in [0.5, 0.6) is 11.6 Å². The molecule has 2 heterocycles. The summed E-state index contributed by atoms with van der Waals surface area (Å²) in [5, 5.41) is 13.7. The first-order valence-electron chi connectivity index (χ1n) is 9.73. The molecule has 0 bridgehead atoms. The van der Waals surface area contributed by atoms with Gasteiger partial charge in [-0.15, -0.1) is 10.2 Å². The number of carbonyl (C=O) groups is 1. The number of ether oxygens (including phenoxy) is 2. The third kappa shape index (κ3) is 5.28. The molecule has 1 aromatic heterocycles. The summed E-state index contributed by atoms with van der Waals surface area (Å²) in [6.07, 6.45) is 1.20. The molecule has 9 heteroatoms. The minimum atomic E-state index is -0.619. The summed E-state index contributed by atoms with van der Waals surface area (Å²) in [6, 6.07) is 15.9. The molecule has 2 aromatic carbocycles. The van der Waals surface area contributed by atoms with Crippen molar-refractivity contribution in [2.24, 2.45) is 0 Å². The summed E-state index contributed by atoms with van der Waals surface area (Å²) in [6.45, 7) is 1.02. The number of rotatable bonds is 5. The fraction of sp³-hybridized carbons (Fsp3) is 0.227. The minimum absolute atomic E-state index is 0.279. The second-order valence-electron chi connectivity index (χ2n) is 7.10. The number of halogens is 2. The maximum Gasteiger partial charge on any atom is 0.319 e. The van der Waals surface area contributed by atoms with Crippen molar-refractivity contribution in [1.82, 2.24) is 15.5 Å². The number of hydrogen-bond acceptors (Lipinski definition) is 5. The molecule has 31 heavy (non-hydrogen) atoms. The lowest BCUT2D eigenvalue weighted by Gasteiger charge is -2.38. The minimum Gasteiger partial charge on any atom is -0.438 e. The van der Waals surface area contributed by atoms with Gasteiger partial charge in [0.05, 0.1) is 5.54 Å². The van der Waals surface area contributed by atoms with Gasteiger partial charge >= 0.3 is 6.03 Å². The Hall–Kier alpha value is -3.23. The third-order valence-electron chi connectivity index (χ3n) is 5.04. The summed E-state index contributed by atoms with van der Waals surface area (Å²) < 4.78 is 24.4. The largest absolute Gasteiger partial charge is 0.438 e. The lowest BCUT2D eigenvalue weighted by Crippen LogP contribution is -2.50. The van der Waals surface area contributed by atoms with Crippen molar-refractivity contribution in [2.75, 3.05) is 18.5 Å². The number of aromatic nitrogens is 2. The zero-order valence-corrected chi connectivity index (χ0v) is 17.2. The van der Waals surface area contributed by atoms with Gasteiger partial charge < -0.3 is 20.1 Å².